The second kappa shape index (κ2) is 10.9. The summed E-state index contributed by atoms with van der Waals surface area (Å²) in [5, 5.41) is 8.67. The summed E-state index contributed by atoms with van der Waals surface area (Å²) < 4.78 is 5.19. The van der Waals surface area contributed by atoms with Gasteiger partial charge in [0.05, 0.1) is 23.1 Å². The second-order valence-corrected chi connectivity index (χ2v) is 7.08. The molecule has 8 nitrogen and oxygen atoms in total. The van der Waals surface area contributed by atoms with E-state index in [2.05, 4.69) is 25.9 Å². The van der Waals surface area contributed by atoms with Crippen molar-refractivity contribution in [1.29, 1.82) is 0 Å². The summed E-state index contributed by atoms with van der Waals surface area (Å²) in [5.41, 5.74) is 1.99. The summed E-state index contributed by atoms with van der Waals surface area (Å²) in [5.74, 6) is -0.483. The number of nitrogens with one attached hydrogen (secondary N) is 3. The first-order valence-electron chi connectivity index (χ1n) is 8.60. The van der Waals surface area contributed by atoms with Crippen LogP contribution in [0.4, 0.5) is 16.2 Å². The minimum Gasteiger partial charge on any atom is -0.444 e. The molecule has 0 atom stereocenters. The van der Waals surface area contributed by atoms with Gasteiger partial charge in [-0.05, 0) is 39.3 Å². The molecule has 0 radical (unpaired) electrons. The van der Waals surface area contributed by atoms with Crippen LogP contribution in [-0.2, 0) is 9.53 Å². The third-order valence-electron chi connectivity index (χ3n) is 3.34. The zero-order chi connectivity index (χ0) is 19.9. The Morgan fingerprint density at radius 2 is 1.96 bits per heavy atom. The first-order valence-corrected chi connectivity index (χ1v) is 9.14. The van der Waals surface area contributed by atoms with Gasteiger partial charge in [0.15, 0.2) is 0 Å². The lowest BCUT2D eigenvalue weighted by molar-refractivity contribution is -0.113. The fourth-order valence-electron chi connectivity index (χ4n) is 2.28. The zero-order valence-electron chi connectivity index (χ0n) is 16.0. The summed E-state index contributed by atoms with van der Waals surface area (Å²) in [6.07, 6.45) is 3.43. The van der Waals surface area contributed by atoms with Gasteiger partial charge in [-0.15, -0.1) is 24.0 Å². The molecule has 2 amide bonds. The Balaban J connectivity index is 0.00000392. The first kappa shape index (κ1) is 23.7. The average molecular weight is 430 g/mol. The molecule has 0 aliphatic carbocycles. The Morgan fingerprint density at radius 3 is 2.64 bits per heavy atom. The molecule has 0 saturated heterocycles. The normalized spacial score (nSPS) is 10.7. The quantitative estimate of drug-likeness (QED) is 0.458. The lowest BCUT2D eigenvalue weighted by atomic mass is 10.2. The number of halogens is 2. The number of pyridine rings is 2. The first-order chi connectivity index (χ1) is 12.8. The number of hydrogen-bond acceptors (Lipinski definition) is 6. The number of aromatic nitrogens is 2. The zero-order valence-corrected chi connectivity index (χ0v) is 17.6. The Bertz CT molecular complexity index is 811. The number of alkyl halides is 1. The highest BCUT2D eigenvalue weighted by Gasteiger charge is 2.15. The Morgan fingerprint density at radius 1 is 1.21 bits per heavy atom. The molecule has 0 aromatic carbocycles. The van der Waals surface area contributed by atoms with Crippen molar-refractivity contribution in [2.24, 2.45) is 0 Å². The number of carbonyl (C=O) groups is 2. The van der Waals surface area contributed by atoms with Gasteiger partial charge in [-0.3, -0.25) is 14.8 Å². The van der Waals surface area contributed by atoms with Crippen molar-refractivity contribution in [2.75, 3.05) is 29.6 Å². The van der Waals surface area contributed by atoms with E-state index in [0.717, 1.165) is 0 Å². The number of hydrogen-bond donors (Lipinski definition) is 3. The minimum atomic E-state index is -0.528. The molecule has 3 N–H and O–H groups in total. The van der Waals surface area contributed by atoms with E-state index in [-0.39, 0.29) is 24.2 Å². The van der Waals surface area contributed by atoms with Crippen molar-refractivity contribution in [3.63, 3.8) is 0 Å². The fourth-order valence-corrected chi connectivity index (χ4v) is 2.35. The number of carbonyl (C=O) groups excluding carboxylic acids is 2. The predicted octanol–water partition coefficient (Wildman–Crippen LogP) is 3.56. The number of anilines is 2. The number of fused-ring (bicyclic) bond motifs is 1. The SMILES string of the molecule is CC(C)(C)OC(=O)NCCCNc1c(NC(=O)CCl)cnc2cccnc12.Cl. The molecule has 2 aromatic rings. The maximum atomic E-state index is 11.7. The summed E-state index contributed by atoms with van der Waals surface area (Å²) in [6.45, 7) is 6.43. The van der Waals surface area contributed by atoms with E-state index in [0.29, 0.717) is 41.9 Å². The van der Waals surface area contributed by atoms with Gasteiger partial charge in [-0.1, -0.05) is 0 Å². The smallest absolute Gasteiger partial charge is 0.407 e. The van der Waals surface area contributed by atoms with Crippen LogP contribution in [0.1, 0.15) is 27.2 Å². The van der Waals surface area contributed by atoms with E-state index in [1.807, 2.05) is 26.8 Å². The van der Waals surface area contributed by atoms with E-state index in [9.17, 15) is 9.59 Å². The Kier molecular flexibility index (Phi) is 9.21. The lowest BCUT2D eigenvalue weighted by Crippen LogP contribution is -2.33. The second-order valence-electron chi connectivity index (χ2n) is 6.81. The van der Waals surface area contributed by atoms with Crippen LogP contribution < -0.4 is 16.0 Å². The van der Waals surface area contributed by atoms with Crippen molar-refractivity contribution in [2.45, 2.75) is 32.8 Å². The van der Waals surface area contributed by atoms with Crippen LogP contribution in [0.2, 0.25) is 0 Å². The molecular weight excluding hydrogens is 405 g/mol. The van der Waals surface area contributed by atoms with Crippen LogP contribution >= 0.6 is 24.0 Å². The van der Waals surface area contributed by atoms with Crippen LogP contribution in [0.5, 0.6) is 0 Å². The lowest BCUT2D eigenvalue weighted by Gasteiger charge is -2.19. The standard InChI is InChI=1S/C18H24ClN5O3.ClH/c1-18(2,3)27-17(26)22-9-5-8-21-16-13(24-14(25)10-19)11-23-12-6-4-7-20-15(12)16;/h4,6-7,11H,5,8-10H2,1-3H3,(H,21,23)(H,22,26)(H,24,25);1H. The van der Waals surface area contributed by atoms with Crippen LogP contribution in [0, 0.1) is 0 Å². The highest BCUT2D eigenvalue weighted by Crippen LogP contribution is 2.28. The molecule has 0 aliphatic rings. The van der Waals surface area contributed by atoms with Gasteiger partial charge in [0, 0.05) is 19.3 Å². The van der Waals surface area contributed by atoms with Gasteiger partial charge in [0.1, 0.15) is 17.0 Å². The van der Waals surface area contributed by atoms with E-state index >= 15 is 0 Å². The monoisotopic (exact) mass is 429 g/mol. The summed E-state index contributed by atoms with van der Waals surface area (Å²) in [4.78, 5) is 31.9. The van der Waals surface area contributed by atoms with Crippen LogP contribution in [0.25, 0.3) is 11.0 Å². The van der Waals surface area contributed by atoms with Crippen LogP contribution in [-0.4, -0.2) is 46.5 Å². The molecule has 10 heteroatoms. The Hall–Kier alpha value is -2.32. The summed E-state index contributed by atoms with van der Waals surface area (Å²) >= 11 is 5.57. The van der Waals surface area contributed by atoms with Crippen molar-refractivity contribution in [3.05, 3.63) is 24.5 Å². The van der Waals surface area contributed by atoms with Gasteiger partial charge < -0.3 is 20.7 Å². The van der Waals surface area contributed by atoms with Gasteiger partial charge in [-0.2, -0.15) is 0 Å². The molecule has 2 heterocycles. The molecule has 154 valence electrons. The summed E-state index contributed by atoms with van der Waals surface area (Å²) in [6, 6.07) is 3.63. The predicted molar refractivity (Wildman–Crippen MR) is 113 cm³/mol. The van der Waals surface area contributed by atoms with E-state index in [1.54, 1.807) is 18.5 Å². The van der Waals surface area contributed by atoms with Crippen molar-refractivity contribution in [3.8, 4) is 0 Å². The largest absolute Gasteiger partial charge is 0.444 e. The van der Waals surface area contributed by atoms with Crippen LogP contribution in [0.15, 0.2) is 24.5 Å². The van der Waals surface area contributed by atoms with E-state index in [1.165, 1.54) is 0 Å². The highest BCUT2D eigenvalue weighted by molar-refractivity contribution is 6.29. The highest BCUT2D eigenvalue weighted by atomic mass is 35.5. The van der Waals surface area contributed by atoms with Gasteiger partial charge in [-0.25, -0.2) is 4.79 Å². The maximum Gasteiger partial charge on any atom is 0.407 e. The molecule has 28 heavy (non-hydrogen) atoms. The minimum absolute atomic E-state index is 0. The third kappa shape index (κ3) is 7.36. The number of nitrogens with zero attached hydrogens (tertiary/aromatic N) is 2. The maximum absolute atomic E-state index is 11.7. The number of alkyl carbamates (subject to hydrolysis) is 1. The van der Waals surface area contributed by atoms with Gasteiger partial charge >= 0.3 is 6.09 Å². The molecule has 0 bridgehead atoms. The third-order valence-corrected chi connectivity index (χ3v) is 3.59. The van der Waals surface area contributed by atoms with Crippen LogP contribution in [0.3, 0.4) is 0 Å². The molecule has 0 saturated carbocycles. The van der Waals surface area contributed by atoms with Gasteiger partial charge in [0.2, 0.25) is 5.91 Å². The van der Waals surface area contributed by atoms with E-state index in [4.69, 9.17) is 16.3 Å². The molecule has 0 unspecified atom stereocenters. The molecule has 0 fully saturated rings. The van der Waals surface area contributed by atoms with Crippen molar-refractivity contribution in [1.82, 2.24) is 15.3 Å². The average Bonchev–Trinajstić information content (AvgIpc) is 2.61. The van der Waals surface area contributed by atoms with Gasteiger partial charge in [0.25, 0.3) is 0 Å². The molecule has 0 aliphatic heterocycles. The summed E-state index contributed by atoms with van der Waals surface area (Å²) in [7, 11) is 0. The molecule has 2 aromatic heterocycles. The number of ether oxygens (including phenoxy) is 1. The van der Waals surface area contributed by atoms with Crippen molar-refractivity contribution >= 4 is 58.4 Å². The number of rotatable bonds is 7. The molecule has 0 spiro atoms. The van der Waals surface area contributed by atoms with E-state index < -0.39 is 11.7 Å². The molecular formula is C18H25Cl2N5O3. The fraction of sp³-hybridized carbons (Fsp3) is 0.444. The Labute approximate surface area is 175 Å². The van der Waals surface area contributed by atoms with Crippen molar-refractivity contribution < 1.29 is 14.3 Å². The topological polar surface area (TPSA) is 105 Å². The molecule has 2 rings (SSSR count). The number of amides is 2.